The van der Waals surface area contributed by atoms with Crippen LogP contribution in [0.4, 0.5) is 28.8 Å². The van der Waals surface area contributed by atoms with Gasteiger partial charge in [0.25, 0.3) is 11.1 Å². The van der Waals surface area contributed by atoms with Gasteiger partial charge >= 0.3 is 0 Å². The Balaban J connectivity index is 0.000000197. The number of hydrogen-bond acceptors (Lipinski definition) is 10. The molecule has 6 aromatic heterocycles. The highest BCUT2D eigenvalue weighted by molar-refractivity contribution is 9.10. The van der Waals surface area contributed by atoms with Crippen molar-refractivity contribution < 1.29 is 9.47 Å². The summed E-state index contributed by atoms with van der Waals surface area (Å²) in [4.78, 5) is 32.3. The molecule has 1 aliphatic carbocycles. The van der Waals surface area contributed by atoms with E-state index in [1.165, 1.54) is 27.1 Å². The smallest absolute Gasteiger partial charge is 0.274 e. The summed E-state index contributed by atoms with van der Waals surface area (Å²) in [5.74, 6) is 3.03. The van der Waals surface area contributed by atoms with E-state index in [1.54, 1.807) is 30.9 Å². The van der Waals surface area contributed by atoms with Crippen molar-refractivity contribution in [2.24, 2.45) is 19.5 Å². The molecule has 0 amide bonds. The third-order valence-corrected chi connectivity index (χ3v) is 12.3. The number of aromatic nitrogens is 8. The monoisotopic (exact) mass is 863 g/mol. The molecule has 4 aliphatic rings. The Kier molecular flexibility index (Phi) is 10.3. The fourth-order valence-corrected chi connectivity index (χ4v) is 9.13. The van der Waals surface area contributed by atoms with Crippen LogP contribution in [0.1, 0.15) is 66.5 Å². The Labute approximate surface area is 350 Å². The van der Waals surface area contributed by atoms with Gasteiger partial charge in [-0.1, -0.05) is 20.8 Å². The second kappa shape index (κ2) is 15.6. The topological polar surface area (TPSA) is 165 Å². The van der Waals surface area contributed by atoms with E-state index in [4.69, 9.17) is 14.5 Å². The molecule has 2 fully saturated rings. The van der Waals surface area contributed by atoms with Crippen molar-refractivity contribution in [3.8, 4) is 11.1 Å². The number of aryl methyl sites for hydroxylation is 2. The van der Waals surface area contributed by atoms with E-state index < -0.39 is 0 Å². The molecule has 0 saturated carbocycles. The van der Waals surface area contributed by atoms with Gasteiger partial charge in [-0.15, -0.1) is 0 Å². The molecule has 15 nitrogen and oxygen atoms in total. The van der Waals surface area contributed by atoms with Crippen LogP contribution in [0.2, 0.25) is 0 Å². The highest BCUT2D eigenvalue weighted by atomic mass is 79.9. The van der Waals surface area contributed by atoms with Crippen LogP contribution in [0.3, 0.4) is 0 Å². The van der Waals surface area contributed by atoms with Gasteiger partial charge in [0.15, 0.2) is 11.6 Å². The summed E-state index contributed by atoms with van der Waals surface area (Å²) in [6.07, 6.45) is 8.70. The lowest BCUT2D eigenvalue weighted by molar-refractivity contribution is 0.00664. The molecule has 16 heteroatoms. The first-order valence-electron chi connectivity index (χ1n) is 20.2. The Morgan fingerprint density at radius 3 is 2.08 bits per heavy atom. The van der Waals surface area contributed by atoms with Gasteiger partial charge < -0.3 is 38.7 Å². The molecule has 2 saturated heterocycles. The predicted molar refractivity (Wildman–Crippen MR) is 231 cm³/mol. The number of pyridine rings is 3. The number of rotatable bonds is 9. The van der Waals surface area contributed by atoms with Crippen molar-refractivity contribution in [3.63, 3.8) is 0 Å². The first-order valence-corrected chi connectivity index (χ1v) is 21.0. The molecule has 10 rings (SSSR count). The Morgan fingerprint density at radius 2 is 1.47 bits per heavy atom. The van der Waals surface area contributed by atoms with Crippen molar-refractivity contribution >= 4 is 44.8 Å². The lowest BCUT2D eigenvalue weighted by Gasteiger charge is -2.33. The zero-order chi connectivity index (χ0) is 41.0. The van der Waals surface area contributed by atoms with Gasteiger partial charge in [-0.2, -0.15) is 10.2 Å². The van der Waals surface area contributed by atoms with Crippen LogP contribution in [0.25, 0.3) is 11.1 Å². The summed E-state index contributed by atoms with van der Waals surface area (Å²) < 4.78 is 17.0. The second-order valence-corrected chi connectivity index (χ2v) is 17.8. The normalized spacial score (nSPS) is 17.1. The number of nitrogens with one attached hydrogen (secondary N) is 4. The van der Waals surface area contributed by atoms with E-state index in [1.807, 2.05) is 30.6 Å². The molecular formula is C43H50BrN11O4. The van der Waals surface area contributed by atoms with Gasteiger partial charge in [-0.25, -0.2) is 4.98 Å². The molecule has 0 aromatic carbocycles. The summed E-state index contributed by atoms with van der Waals surface area (Å²) in [6, 6.07) is 12.0. The standard InChI is InChI=1S/C31H37N7O2.C12H13BrN4O2/c1-5-23-24(20-11-26(30(39)36(4)15-20)33-28-12-25(34-35-28)21-17-40-18-21)6-7-32-29(23)37-8-9-38-22(16-37)10-19-13-31(2,3)14-27(19)38;1-17-4-8(13)2-10(12(17)18)14-11-3-9(15-16-11)7-5-19-6-7/h6-7,10-12,15,21H,5,8-9,13-14,16-18H2,1-4H3,(H2,33,34,35);2-4,7H,5-6H2,1H3,(H2,14,15,16). The second-order valence-electron chi connectivity index (χ2n) is 16.9. The zero-order valence-corrected chi connectivity index (χ0v) is 35.6. The van der Waals surface area contributed by atoms with Crippen molar-refractivity contribution in [2.45, 2.75) is 65.0 Å². The SMILES string of the molecule is CCc1c(-c2cc(Nc3cc(C4COC4)[nH]n3)c(=O)n(C)c2)ccnc1N1CCn2c(cc3c2CC(C)(C)C3)C1.Cn1cc(Br)cc(Nc2cc(C3COC3)[nH]n2)c1=O. The summed E-state index contributed by atoms with van der Waals surface area (Å²) in [5.41, 5.74) is 10.9. The van der Waals surface area contributed by atoms with Gasteiger partial charge in [0, 0.05) is 108 Å². The van der Waals surface area contributed by atoms with Gasteiger partial charge in [-0.05, 0) is 76.0 Å². The number of fused-ring (bicyclic) bond motifs is 3. The molecule has 3 aliphatic heterocycles. The molecule has 0 spiro atoms. The molecular weight excluding hydrogens is 814 g/mol. The molecule has 0 radical (unpaired) electrons. The molecule has 0 atom stereocenters. The van der Waals surface area contributed by atoms with Crippen LogP contribution in [-0.2, 0) is 55.9 Å². The summed E-state index contributed by atoms with van der Waals surface area (Å²) in [5, 5.41) is 20.9. The minimum absolute atomic E-state index is 0.0966. The van der Waals surface area contributed by atoms with Gasteiger partial charge in [-0.3, -0.25) is 19.8 Å². The number of hydrogen-bond donors (Lipinski definition) is 4. The average Bonchev–Trinajstić information content (AvgIpc) is 3.94. The number of ether oxygens (including phenoxy) is 2. The fraction of sp³-hybridized carbons (Fsp3) is 0.419. The molecule has 59 heavy (non-hydrogen) atoms. The maximum absolute atomic E-state index is 13.1. The quantitative estimate of drug-likeness (QED) is 0.130. The molecule has 308 valence electrons. The van der Waals surface area contributed by atoms with Crippen molar-refractivity contribution in [2.75, 3.05) is 48.5 Å². The minimum atomic E-state index is -0.0975. The maximum Gasteiger partial charge on any atom is 0.274 e. The van der Waals surface area contributed by atoms with Gasteiger partial charge in [0.1, 0.15) is 17.2 Å². The number of halogens is 1. The van der Waals surface area contributed by atoms with Crippen LogP contribution in [-0.4, -0.2) is 72.1 Å². The van der Waals surface area contributed by atoms with E-state index in [9.17, 15) is 9.59 Å². The first-order chi connectivity index (χ1) is 28.4. The van der Waals surface area contributed by atoms with E-state index in [-0.39, 0.29) is 11.1 Å². The molecule has 0 bridgehead atoms. The average molecular weight is 865 g/mol. The Bertz CT molecular complexity index is 2650. The predicted octanol–water partition coefficient (Wildman–Crippen LogP) is 6.27. The minimum Gasteiger partial charge on any atom is -0.380 e. The van der Waals surface area contributed by atoms with E-state index in [2.05, 4.69) is 89.3 Å². The van der Waals surface area contributed by atoms with Crippen molar-refractivity contribution in [3.05, 3.63) is 114 Å². The molecule has 0 unspecified atom stereocenters. The largest absolute Gasteiger partial charge is 0.380 e. The van der Waals surface area contributed by atoms with E-state index in [0.29, 0.717) is 53.5 Å². The maximum atomic E-state index is 13.1. The summed E-state index contributed by atoms with van der Waals surface area (Å²) in [6.45, 7) is 12.6. The number of nitrogens with zero attached hydrogens (tertiary/aromatic N) is 7. The van der Waals surface area contributed by atoms with Crippen molar-refractivity contribution in [1.82, 2.24) is 39.1 Å². The van der Waals surface area contributed by atoms with Gasteiger partial charge in [0.2, 0.25) is 0 Å². The first kappa shape index (κ1) is 39.0. The van der Waals surface area contributed by atoms with E-state index in [0.717, 1.165) is 84.9 Å². The molecule has 4 N–H and O–H groups in total. The summed E-state index contributed by atoms with van der Waals surface area (Å²) >= 11 is 3.36. The highest BCUT2D eigenvalue weighted by Gasteiger charge is 2.34. The molecule has 6 aromatic rings. The lowest BCUT2D eigenvalue weighted by Crippen LogP contribution is -2.35. The fourth-order valence-electron chi connectivity index (χ4n) is 8.60. The van der Waals surface area contributed by atoms with Crippen LogP contribution in [0.5, 0.6) is 0 Å². The Morgan fingerprint density at radius 1 is 0.847 bits per heavy atom. The van der Waals surface area contributed by atoms with Crippen LogP contribution in [0.15, 0.2) is 69.1 Å². The van der Waals surface area contributed by atoms with Crippen LogP contribution < -0.4 is 26.7 Å². The third kappa shape index (κ3) is 7.76. The number of anilines is 5. The van der Waals surface area contributed by atoms with Crippen LogP contribution >= 0.6 is 15.9 Å². The zero-order valence-electron chi connectivity index (χ0n) is 34.1. The number of H-pyrrole nitrogens is 2. The number of aromatic amines is 2. The molecule has 9 heterocycles. The highest BCUT2D eigenvalue weighted by Crippen LogP contribution is 2.40. The summed E-state index contributed by atoms with van der Waals surface area (Å²) in [7, 11) is 3.51. The van der Waals surface area contributed by atoms with E-state index >= 15 is 0 Å². The van der Waals surface area contributed by atoms with Gasteiger partial charge in [0.05, 0.1) is 33.0 Å². The van der Waals surface area contributed by atoms with Crippen LogP contribution in [0, 0.1) is 5.41 Å². The lowest BCUT2D eigenvalue weighted by atomic mass is 9.90. The Hall–Kier alpha value is -5.45. The van der Waals surface area contributed by atoms with Crippen molar-refractivity contribution in [1.29, 1.82) is 0 Å². The third-order valence-electron chi connectivity index (χ3n) is 11.9.